The van der Waals surface area contributed by atoms with Gasteiger partial charge in [0.1, 0.15) is 17.8 Å². The van der Waals surface area contributed by atoms with Gasteiger partial charge in [0, 0.05) is 0 Å². The molecule has 0 aliphatic rings. The average molecular weight is 245 g/mol. The lowest BCUT2D eigenvalue weighted by atomic mass is 9.98. The zero-order valence-electron chi connectivity index (χ0n) is 9.75. The average Bonchev–Trinajstić information content (AvgIpc) is 2.23. The standard InChI is InChI=1S/C10H15NO6/c1-4-8(17-11(14)15)6-9(7(3)12)10(13)16-5-2/h4,8-9H,1,5-6H2,2-3H3. The van der Waals surface area contributed by atoms with Crippen molar-refractivity contribution in [2.45, 2.75) is 26.4 Å². The fourth-order valence-electron chi connectivity index (χ4n) is 1.20. The number of ether oxygens (including phenoxy) is 1. The second-order valence-electron chi connectivity index (χ2n) is 3.25. The Hall–Kier alpha value is -1.92. The monoisotopic (exact) mass is 245 g/mol. The normalized spacial score (nSPS) is 13.3. The van der Waals surface area contributed by atoms with Crippen molar-refractivity contribution in [1.82, 2.24) is 0 Å². The highest BCUT2D eigenvalue weighted by Gasteiger charge is 2.28. The maximum Gasteiger partial charge on any atom is 0.316 e. The van der Waals surface area contributed by atoms with E-state index in [0.29, 0.717) is 0 Å². The van der Waals surface area contributed by atoms with Crippen LogP contribution in [0, 0.1) is 16.0 Å². The van der Waals surface area contributed by atoms with Gasteiger partial charge in [-0.25, -0.2) is 0 Å². The number of carbonyl (C=O) groups excluding carboxylic acids is 2. The van der Waals surface area contributed by atoms with Crippen LogP contribution in [-0.2, 0) is 19.2 Å². The van der Waals surface area contributed by atoms with Crippen LogP contribution in [0.15, 0.2) is 12.7 Å². The molecule has 17 heavy (non-hydrogen) atoms. The van der Waals surface area contributed by atoms with Gasteiger partial charge in [0.15, 0.2) is 0 Å². The van der Waals surface area contributed by atoms with Crippen LogP contribution in [0.25, 0.3) is 0 Å². The number of hydrogen-bond acceptors (Lipinski definition) is 6. The first-order valence-electron chi connectivity index (χ1n) is 5.03. The quantitative estimate of drug-likeness (QED) is 0.207. The predicted molar refractivity (Wildman–Crippen MR) is 57.5 cm³/mol. The molecule has 0 aromatic heterocycles. The summed E-state index contributed by atoms with van der Waals surface area (Å²) in [6.45, 7) is 6.30. The van der Waals surface area contributed by atoms with E-state index in [4.69, 9.17) is 4.74 Å². The zero-order valence-corrected chi connectivity index (χ0v) is 9.75. The molecule has 2 unspecified atom stereocenters. The van der Waals surface area contributed by atoms with E-state index >= 15 is 0 Å². The minimum atomic E-state index is -1.07. The molecule has 0 fully saturated rings. The van der Waals surface area contributed by atoms with Crippen LogP contribution in [0.4, 0.5) is 0 Å². The van der Waals surface area contributed by atoms with Crippen LogP contribution in [0.5, 0.6) is 0 Å². The van der Waals surface area contributed by atoms with Crippen molar-refractivity contribution < 1.29 is 24.3 Å². The van der Waals surface area contributed by atoms with Crippen molar-refractivity contribution in [2.24, 2.45) is 5.92 Å². The van der Waals surface area contributed by atoms with E-state index in [0.717, 1.165) is 6.08 Å². The van der Waals surface area contributed by atoms with Crippen LogP contribution in [0.2, 0.25) is 0 Å². The van der Waals surface area contributed by atoms with Crippen molar-refractivity contribution in [1.29, 1.82) is 0 Å². The minimum absolute atomic E-state index is 0.136. The lowest BCUT2D eigenvalue weighted by Crippen LogP contribution is -2.29. The Morgan fingerprint density at radius 2 is 2.12 bits per heavy atom. The zero-order chi connectivity index (χ0) is 13.4. The van der Waals surface area contributed by atoms with Crippen LogP contribution >= 0.6 is 0 Å². The molecule has 2 atom stereocenters. The van der Waals surface area contributed by atoms with Gasteiger partial charge in [-0.2, -0.15) is 0 Å². The number of nitrogens with zero attached hydrogens (tertiary/aromatic N) is 1. The van der Waals surface area contributed by atoms with Gasteiger partial charge in [-0.3, -0.25) is 9.59 Å². The van der Waals surface area contributed by atoms with E-state index in [-0.39, 0.29) is 13.0 Å². The highest BCUT2D eigenvalue weighted by atomic mass is 17.0. The Bertz CT molecular complexity index is 314. The first-order valence-corrected chi connectivity index (χ1v) is 5.03. The molecule has 7 heteroatoms. The number of rotatable bonds is 8. The highest BCUT2D eigenvalue weighted by Crippen LogP contribution is 2.14. The van der Waals surface area contributed by atoms with Crippen molar-refractivity contribution in [3.63, 3.8) is 0 Å². The van der Waals surface area contributed by atoms with E-state index in [1.165, 1.54) is 6.92 Å². The molecule has 0 aromatic carbocycles. The summed E-state index contributed by atoms with van der Waals surface area (Å²) >= 11 is 0. The number of ketones is 1. The summed E-state index contributed by atoms with van der Waals surface area (Å²) in [7, 11) is 0. The van der Waals surface area contributed by atoms with Gasteiger partial charge in [0.25, 0.3) is 5.09 Å². The molecule has 96 valence electrons. The third-order valence-electron chi connectivity index (χ3n) is 2.01. The summed E-state index contributed by atoms with van der Waals surface area (Å²) in [4.78, 5) is 37.1. The summed E-state index contributed by atoms with van der Waals surface area (Å²) in [5.41, 5.74) is 0. The van der Waals surface area contributed by atoms with Crippen LogP contribution in [0.3, 0.4) is 0 Å². The van der Waals surface area contributed by atoms with Crippen molar-refractivity contribution in [3.05, 3.63) is 22.8 Å². The summed E-state index contributed by atoms with van der Waals surface area (Å²) < 4.78 is 4.70. The van der Waals surface area contributed by atoms with E-state index in [1.54, 1.807) is 6.92 Å². The molecule has 0 saturated heterocycles. The fraction of sp³-hybridized carbons (Fsp3) is 0.600. The summed E-state index contributed by atoms with van der Waals surface area (Å²) in [6, 6.07) is 0. The first-order chi connectivity index (χ1) is 7.92. The number of carbonyl (C=O) groups is 2. The number of Topliss-reactive ketones (excluding diaryl/α,β-unsaturated/α-hetero) is 1. The van der Waals surface area contributed by atoms with E-state index < -0.39 is 28.9 Å². The molecule has 0 aliphatic carbocycles. The fourth-order valence-corrected chi connectivity index (χ4v) is 1.20. The van der Waals surface area contributed by atoms with Crippen molar-refractivity contribution >= 4 is 11.8 Å². The lowest BCUT2D eigenvalue weighted by molar-refractivity contribution is -0.765. The number of esters is 1. The van der Waals surface area contributed by atoms with E-state index in [1.807, 2.05) is 0 Å². The lowest BCUT2D eigenvalue weighted by Gasteiger charge is -2.16. The molecule has 0 bridgehead atoms. The second-order valence-corrected chi connectivity index (χ2v) is 3.25. The number of hydrogen-bond donors (Lipinski definition) is 0. The smallest absolute Gasteiger partial charge is 0.316 e. The molecule has 0 radical (unpaired) electrons. The Kier molecular flexibility index (Phi) is 6.54. The Morgan fingerprint density at radius 1 is 1.53 bits per heavy atom. The molecular formula is C10H15NO6. The molecule has 0 spiro atoms. The third kappa shape index (κ3) is 5.64. The van der Waals surface area contributed by atoms with Crippen molar-refractivity contribution in [3.8, 4) is 0 Å². The molecule has 0 aromatic rings. The minimum Gasteiger partial charge on any atom is -0.465 e. The molecule has 0 amide bonds. The SMILES string of the molecule is C=CC(CC(C(C)=O)C(=O)OCC)O[N+](=O)[O-]. The van der Waals surface area contributed by atoms with Gasteiger partial charge in [-0.05, 0) is 20.3 Å². The molecule has 7 nitrogen and oxygen atoms in total. The summed E-state index contributed by atoms with van der Waals surface area (Å²) in [5.74, 6) is -2.21. The molecular weight excluding hydrogens is 230 g/mol. The van der Waals surface area contributed by atoms with Gasteiger partial charge in [-0.1, -0.05) is 6.08 Å². The topological polar surface area (TPSA) is 95.7 Å². The third-order valence-corrected chi connectivity index (χ3v) is 2.01. The van der Waals surface area contributed by atoms with Gasteiger partial charge < -0.3 is 9.57 Å². The maximum absolute atomic E-state index is 11.4. The van der Waals surface area contributed by atoms with Crippen molar-refractivity contribution in [2.75, 3.05) is 6.61 Å². The Balaban J connectivity index is 4.61. The van der Waals surface area contributed by atoms with E-state index in [2.05, 4.69) is 11.4 Å². The predicted octanol–water partition coefficient (Wildman–Crippen LogP) is 0.908. The van der Waals surface area contributed by atoms with Gasteiger partial charge in [0.05, 0.1) is 6.61 Å². The molecule has 0 rings (SSSR count). The van der Waals surface area contributed by atoms with E-state index in [9.17, 15) is 19.7 Å². The summed E-state index contributed by atoms with van der Waals surface area (Å²) in [5, 5.41) is 9.16. The molecule has 0 saturated carbocycles. The second kappa shape index (κ2) is 7.37. The largest absolute Gasteiger partial charge is 0.465 e. The van der Waals surface area contributed by atoms with Gasteiger partial charge in [0.2, 0.25) is 0 Å². The van der Waals surface area contributed by atoms with Crippen LogP contribution < -0.4 is 0 Å². The molecule has 0 N–H and O–H groups in total. The van der Waals surface area contributed by atoms with Gasteiger partial charge in [-0.15, -0.1) is 16.7 Å². The molecule has 0 aliphatic heterocycles. The van der Waals surface area contributed by atoms with Crippen LogP contribution in [-0.4, -0.2) is 29.6 Å². The first kappa shape index (κ1) is 15.1. The Morgan fingerprint density at radius 3 is 2.47 bits per heavy atom. The Labute approximate surface area is 98.5 Å². The maximum atomic E-state index is 11.4. The van der Waals surface area contributed by atoms with Crippen LogP contribution in [0.1, 0.15) is 20.3 Å². The van der Waals surface area contributed by atoms with Gasteiger partial charge >= 0.3 is 5.97 Å². The summed E-state index contributed by atoms with van der Waals surface area (Å²) in [6.07, 6.45) is -0.000300. The highest BCUT2D eigenvalue weighted by molar-refractivity contribution is 5.97. The molecule has 0 heterocycles.